The van der Waals surface area contributed by atoms with Crippen LogP contribution >= 0.6 is 15.9 Å². The molecule has 0 aliphatic rings. The van der Waals surface area contributed by atoms with Crippen LogP contribution in [-0.2, 0) is 21.3 Å². The van der Waals surface area contributed by atoms with Crippen LogP contribution in [-0.4, -0.2) is 20.5 Å². The highest BCUT2D eigenvalue weighted by Crippen LogP contribution is 2.17. The molecule has 0 aliphatic carbocycles. The van der Waals surface area contributed by atoms with Gasteiger partial charge in [-0.1, -0.05) is 41.9 Å². The van der Waals surface area contributed by atoms with E-state index < -0.39 is 22.0 Å². The zero-order valence-electron chi connectivity index (χ0n) is 9.72. The van der Waals surface area contributed by atoms with Crippen molar-refractivity contribution in [2.75, 3.05) is 0 Å². The van der Waals surface area contributed by atoms with Gasteiger partial charge in [-0.05, 0) is 23.6 Å². The van der Waals surface area contributed by atoms with Gasteiger partial charge in [-0.2, -0.15) is 0 Å². The first-order valence-corrected chi connectivity index (χ1v) is 7.43. The van der Waals surface area contributed by atoms with Crippen LogP contribution in [0.4, 0.5) is 0 Å². The Bertz CT molecular complexity index is 432. The number of rotatable bonds is 5. The first kappa shape index (κ1) is 14.4. The first-order valence-electron chi connectivity index (χ1n) is 5.26. The average molecular weight is 319 g/mol. The fraction of sp³-hybridized carbons (Fsp3) is 0.417. The van der Waals surface area contributed by atoms with E-state index >= 15 is 0 Å². The minimum absolute atomic E-state index is 0.138. The fourth-order valence-corrected chi connectivity index (χ4v) is 3.55. The molecule has 0 radical (unpaired) electrons. The molecular formula is C12H15BrO3S. The van der Waals surface area contributed by atoms with Crippen LogP contribution in [0.2, 0.25) is 0 Å². The normalized spacial score (nSPS) is 14.6. The molecule has 94 valence electrons. The third-order valence-electron chi connectivity index (χ3n) is 2.33. The highest BCUT2D eigenvalue weighted by Gasteiger charge is 2.27. The molecule has 0 saturated carbocycles. The summed E-state index contributed by atoms with van der Waals surface area (Å²) in [5, 5.41) is 8.23. The molecule has 2 atom stereocenters. The Labute approximate surface area is 112 Å². The van der Waals surface area contributed by atoms with E-state index in [1.165, 1.54) is 0 Å². The van der Waals surface area contributed by atoms with Gasteiger partial charge in [0.2, 0.25) is 0 Å². The van der Waals surface area contributed by atoms with Crippen molar-refractivity contribution in [3.63, 3.8) is 0 Å². The lowest BCUT2D eigenvalue weighted by atomic mass is 10.1. The van der Waals surface area contributed by atoms with Crippen molar-refractivity contribution in [1.29, 1.82) is 0 Å². The van der Waals surface area contributed by atoms with Crippen LogP contribution in [0.3, 0.4) is 0 Å². The van der Waals surface area contributed by atoms with Crippen molar-refractivity contribution in [1.82, 2.24) is 0 Å². The van der Waals surface area contributed by atoms with Crippen LogP contribution in [0, 0.1) is 5.92 Å². The monoisotopic (exact) mass is 318 g/mol. The summed E-state index contributed by atoms with van der Waals surface area (Å²) >= 11 is 3.33. The van der Waals surface area contributed by atoms with E-state index in [2.05, 4.69) is 15.9 Å². The van der Waals surface area contributed by atoms with E-state index in [0.717, 1.165) is 10.0 Å². The van der Waals surface area contributed by atoms with Crippen molar-refractivity contribution in [2.24, 2.45) is 5.92 Å². The van der Waals surface area contributed by atoms with Crippen LogP contribution in [0.25, 0.3) is 0 Å². The van der Waals surface area contributed by atoms with Gasteiger partial charge in [-0.15, -0.1) is 0 Å². The number of carboxylic acids is 1. The molecule has 0 amide bonds. The third-order valence-corrected chi connectivity index (χ3v) is 4.75. The molecule has 2 unspecified atom stereocenters. The molecule has 0 spiro atoms. The molecular weight excluding hydrogens is 304 g/mol. The second-order valence-electron chi connectivity index (χ2n) is 4.16. The largest absolute Gasteiger partial charge is 0.480 e. The van der Waals surface area contributed by atoms with Gasteiger partial charge < -0.3 is 5.11 Å². The topological polar surface area (TPSA) is 54.4 Å². The molecule has 0 aromatic heterocycles. The van der Waals surface area contributed by atoms with E-state index in [1.54, 1.807) is 13.8 Å². The summed E-state index contributed by atoms with van der Waals surface area (Å²) in [6.07, 6.45) is 0. The number of carbonyl (C=O) groups is 1. The first-order chi connectivity index (χ1) is 7.91. The number of carboxylic acid groups (broad SMARTS) is 1. The molecule has 1 aromatic rings. The van der Waals surface area contributed by atoms with Crippen molar-refractivity contribution in [3.8, 4) is 0 Å². The molecule has 0 saturated heterocycles. The van der Waals surface area contributed by atoms with E-state index in [-0.39, 0.29) is 11.7 Å². The SMILES string of the molecule is CC(C)C(C(=O)O)S(=O)Cc1cccc(Br)c1. The van der Waals surface area contributed by atoms with Gasteiger partial charge in [0.05, 0.1) is 0 Å². The smallest absolute Gasteiger partial charge is 0.319 e. The van der Waals surface area contributed by atoms with Crippen LogP contribution in [0.15, 0.2) is 28.7 Å². The summed E-state index contributed by atoms with van der Waals surface area (Å²) in [5.41, 5.74) is 0.879. The van der Waals surface area contributed by atoms with Crippen molar-refractivity contribution < 1.29 is 14.1 Å². The Balaban J connectivity index is 2.81. The number of halogens is 1. The minimum Gasteiger partial charge on any atom is -0.480 e. The highest BCUT2D eigenvalue weighted by molar-refractivity contribution is 9.10. The van der Waals surface area contributed by atoms with Crippen molar-refractivity contribution >= 4 is 32.7 Å². The summed E-state index contributed by atoms with van der Waals surface area (Å²) in [6, 6.07) is 7.43. The number of aliphatic carboxylic acids is 1. The summed E-state index contributed by atoms with van der Waals surface area (Å²) in [4.78, 5) is 11.0. The molecule has 17 heavy (non-hydrogen) atoms. The van der Waals surface area contributed by atoms with Crippen LogP contribution in [0.5, 0.6) is 0 Å². The Kier molecular flexibility index (Phi) is 5.33. The molecule has 1 N–H and O–H groups in total. The zero-order valence-corrected chi connectivity index (χ0v) is 12.1. The third kappa shape index (κ3) is 4.24. The predicted molar refractivity (Wildman–Crippen MR) is 72.3 cm³/mol. The quantitative estimate of drug-likeness (QED) is 0.908. The van der Waals surface area contributed by atoms with Gasteiger partial charge in [0.15, 0.2) is 0 Å². The molecule has 0 aliphatic heterocycles. The van der Waals surface area contributed by atoms with Gasteiger partial charge in [-0.3, -0.25) is 9.00 Å². The lowest BCUT2D eigenvalue weighted by Crippen LogP contribution is -2.31. The Morgan fingerprint density at radius 3 is 2.59 bits per heavy atom. The molecule has 1 aromatic carbocycles. The molecule has 1 rings (SSSR count). The minimum atomic E-state index is -1.40. The Morgan fingerprint density at radius 2 is 2.12 bits per heavy atom. The fourth-order valence-electron chi connectivity index (χ4n) is 1.58. The van der Waals surface area contributed by atoms with E-state index in [4.69, 9.17) is 5.11 Å². The summed E-state index contributed by atoms with van der Waals surface area (Å²) in [7, 11) is -1.40. The predicted octanol–water partition coefficient (Wildman–Crippen LogP) is 2.81. The standard InChI is InChI=1S/C12H15BrO3S/c1-8(2)11(12(14)15)17(16)7-9-4-3-5-10(13)6-9/h3-6,8,11H,7H2,1-2H3,(H,14,15). The summed E-state index contributed by atoms with van der Waals surface area (Å²) in [5.74, 6) is -0.858. The van der Waals surface area contributed by atoms with Gasteiger partial charge >= 0.3 is 5.97 Å². The average Bonchev–Trinajstić information content (AvgIpc) is 2.15. The molecule has 0 heterocycles. The molecule has 5 heteroatoms. The molecule has 3 nitrogen and oxygen atoms in total. The van der Waals surface area contributed by atoms with Crippen molar-refractivity contribution in [2.45, 2.75) is 24.9 Å². The van der Waals surface area contributed by atoms with Gasteiger partial charge in [0, 0.05) is 21.0 Å². The van der Waals surface area contributed by atoms with E-state index in [1.807, 2.05) is 24.3 Å². The Morgan fingerprint density at radius 1 is 1.47 bits per heavy atom. The second-order valence-corrected chi connectivity index (χ2v) is 6.63. The Hall–Kier alpha value is -0.680. The van der Waals surface area contributed by atoms with Gasteiger partial charge in [0.25, 0.3) is 0 Å². The lowest BCUT2D eigenvalue weighted by molar-refractivity contribution is -0.137. The second kappa shape index (κ2) is 6.31. The van der Waals surface area contributed by atoms with Crippen molar-refractivity contribution in [3.05, 3.63) is 34.3 Å². The number of hydrogen-bond donors (Lipinski definition) is 1. The highest BCUT2D eigenvalue weighted by atomic mass is 79.9. The van der Waals surface area contributed by atoms with Crippen LogP contribution < -0.4 is 0 Å². The number of benzene rings is 1. The maximum absolute atomic E-state index is 12.0. The lowest BCUT2D eigenvalue weighted by Gasteiger charge is -2.15. The summed E-state index contributed by atoms with van der Waals surface area (Å²) < 4.78 is 12.9. The van der Waals surface area contributed by atoms with E-state index in [0.29, 0.717) is 0 Å². The molecule has 0 bridgehead atoms. The van der Waals surface area contributed by atoms with Gasteiger partial charge in [0.1, 0.15) is 5.25 Å². The van der Waals surface area contributed by atoms with Gasteiger partial charge in [-0.25, -0.2) is 0 Å². The summed E-state index contributed by atoms with van der Waals surface area (Å²) in [6.45, 7) is 3.55. The molecule has 0 fully saturated rings. The van der Waals surface area contributed by atoms with E-state index in [9.17, 15) is 9.00 Å². The zero-order chi connectivity index (χ0) is 13.0. The van der Waals surface area contributed by atoms with Crippen LogP contribution in [0.1, 0.15) is 19.4 Å². The number of hydrogen-bond acceptors (Lipinski definition) is 2. The maximum Gasteiger partial charge on any atom is 0.319 e. The maximum atomic E-state index is 12.0.